The molecular weight excluding hydrogens is 349 g/mol. The van der Waals surface area contributed by atoms with Gasteiger partial charge in [0.2, 0.25) is 5.91 Å². The molecule has 3 N–H and O–H groups in total. The predicted octanol–water partition coefficient (Wildman–Crippen LogP) is 1.81. The van der Waals surface area contributed by atoms with Crippen LogP contribution < -0.4 is 20.7 Å². The average Bonchev–Trinajstić information content (AvgIpc) is 2.83. The molecule has 1 aromatic heterocycles. The van der Waals surface area contributed by atoms with E-state index < -0.39 is 24.3 Å². The third-order valence-corrected chi connectivity index (χ3v) is 3.66. The molecule has 0 aliphatic carbocycles. The summed E-state index contributed by atoms with van der Waals surface area (Å²) in [5.41, 5.74) is 0.408. The van der Waals surface area contributed by atoms with Gasteiger partial charge in [-0.2, -0.15) is 0 Å². The van der Waals surface area contributed by atoms with E-state index >= 15 is 0 Å². The van der Waals surface area contributed by atoms with Gasteiger partial charge in [0.15, 0.2) is 11.3 Å². The van der Waals surface area contributed by atoms with Gasteiger partial charge in [-0.25, -0.2) is 4.98 Å². The first kappa shape index (κ1) is 17.9. The molecule has 1 unspecified atom stereocenters. The van der Waals surface area contributed by atoms with Crippen LogP contribution in [0.5, 0.6) is 5.75 Å². The number of carbonyl (C=O) groups is 2. The molecule has 1 heterocycles. The minimum atomic E-state index is -4.78. The van der Waals surface area contributed by atoms with Gasteiger partial charge in [-0.15, -0.1) is 13.2 Å². The normalized spacial score (nSPS) is 12.7. The fourth-order valence-corrected chi connectivity index (χ4v) is 2.70. The lowest BCUT2D eigenvalue weighted by Crippen LogP contribution is -2.51. The van der Waals surface area contributed by atoms with Crippen LogP contribution in [-0.2, 0) is 9.59 Å². The predicted molar refractivity (Wildman–Crippen MR) is 81.6 cm³/mol. The van der Waals surface area contributed by atoms with Crippen LogP contribution in [0.4, 0.5) is 18.3 Å². The van der Waals surface area contributed by atoms with Crippen LogP contribution >= 0.6 is 11.3 Å². The van der Waals surface area contributed by atoms with E-state index in [1.54, 1.807) is 0 Å². The molecule has 0 aliphatic heterocycles. The summed E-state index contributed by atoms with van der Waals surface area (Å²) in [5.74, 6) is -1.33. The molecule has 0 radical (unpaired) electrons. The fourth-order valence-electron chi connectivity index (χ4n) is 1.81. The van der Waals surface area contributed by atoms with E-state index in [1.807, 2.05) is 0 Å². The summed E-state index contributed by atoms with van der Waals surface area (Å²) in [6.45, 7) is 1.26. The maximum Gasteiger partial charge on any atom is 0.573 e. The van der Waals surface area contributed by atoms with Crippen molar-refractivity contribution in [1.29, 1.82) is 0 Å². The van der Waals surface area contributed by atoms with Crippen molar-refractivity contribution in [3.8, 4) is 5.75 Å². The van der Waals surface area contributed by atoms with Gasteiger partial charge in [-0.05, 0) is 19.2 Å². The number of rotatable bonds is 5. The number of ether oxygens (including phenoxy) is 1. The molecule has 2 amide bonds. The first-order chi connectivity index (χ1) is 11.2. The van der Waals surface area contributed by atoms with Crippen LogP contribution in [0.25, 0.3) is 10.2 Å². The summed E-state index contributed by atoms with van der Waals surface area (Å²) in [6.07, 6.45) is -5.74. The maximum absolute atomic E-state index is 12.2. The second-order valence-electron chi connectivity index (χ2n) is 4.61. The molecule has 0 aliphatic rings. The summed E-state index contributed by atoms with van der Waals surface area (Å²) < 4.78 is 40.9. The Morgan fingerprint density at radius 3 is 2.62 bits per heavy atom. The standard InChI is InChI=1S/C13H13F3N4O3S/c1-6(21)18-10(17-2)11(22)20-12-19-8-4-3-7(5-9(8)24-12)23-13(14,15)16/h3-5,10,17H,1-2H3,(H,18,21)(H,19,20,22). The van der Waals surface area contributed by atoms with E-state index in [-0.39, 0.29) is 10.9 Å². The number of aromatic nitrogens is 1. The molecule has 0 fully saturated rings. The molecule has 0 saturated carbocycles. The highest BCUT2D eigenvalue weighted by molar-refractivity contribution is 7.22. The van der Waals surface area contributed by atoms with Crippen LogP contribution in [0.15, 0.2) is 18.2 Å². The number of fused-ring (bicyclic) bond motifs is 1. The Balaban J connectivity index is 2.15. The molecule has 24 heavy (non-hydrogen) atoms. The van der Waals surface area contributed by atoms with Crippen molar-refractivity contribution in [2.75, 3.05) is 12.4 Å². The van der Waals surface area contributed by atoms with Crippen molar-refractivity contribution in [3.05, 3.63) is 18.2 Å². The van der Waals surface area contributed by atoms with E-state index in [4.69, 9.17) is 0 Å². The first-order valence-corrected chi connectivity index (χ1v) is 7.41. The van der Waals surface area contributed by atoms with Crippen LogP contribution in [0.3, 0.4) is 0 Å². The third kappa shape index (κ3) is 4.80. The van der Waals surface area contributed by atoms with Gasteiger partial charge in [-0.1, -0.05) is 11.3 Å². The highest BCUT2D eigenvalue weighted by Gasteiger charge is 2.31. The molecule has 130 valence electrons. The van der Waals surface area contributed by atoms with Crippen molar-refractivity contribution < 1.29 is 27.5 Å². The van der Waals surface area contributed by atoms with E-state index in [2.05, 4.69) is 25.7 Å². The smallest absolute Gasteiger partial charge is 0.406 e. The van der Waals surface area contributed by atoms with Crippen LogP contribution in [0.2, 0.25) is 0 Å². The number of benzene rings is 1. The fraction of sp³-hybridized carbons (Fsp3) is 0.308. The van der Waals surface area contributed by atoms with Gasteiger partial charge in [0, 0.05) is 13.0 Å². The van der Waals surface area contributed by atoms with Crippen molar-refractivity contribution in [3.63, 3.8) is 0 Å². The number of hydrogen-bond acceptors (Lipinski definition) is 6. The Hall–Kier alpha value is -2.40. The Bertz CT molecular complexity index is 762. The number of hydrogen-bond donors (Lipinski definition) is 3. The number of likely N-dealkylation sites (N-methyl/N-ethyl adjacent to an activating group) is 1. The monoisotopic (exact) mass is 362 g/mol. The van der Waals surface area contributed by atoms with Crippen molar-refractivity contribution in [2.45, 2.75) is 19.5 Å². The minimum Gasteiger partial charge on any atom is -0.406 e. The topological polar surface area (TPSA) is 92.3 Å². The third-order valence-electron chi connectivity index (χ3n) is 2.72. The van der Waals surface area contributed by atoms with Crippen molar-refractivity contribution in [2.24, 2.45) is 0 Å². The molecule has 1 atom stereocenters. The molecule has 1 aromatic carbocycles. The SMILES string of the molecule is CNC(NC(C)=O)C(=O)Nc1nc2ccc(OC(F)(F)F)cc2s1. The lowest BCUT2D eigenvalue weighted by Gasteiger charge is -2.15. The van der Waals surface area contributed by atoms with Crippen LogP contribution in [0.1, 0.15) is 6.92 Å². The summed E-state index contributed by atoms with van der Waals surface area (Å²) >= 11 is 0.982. The lowest BCUT2D eigenvalue weighted by atomic mass is 10.3. The summed E-state index contributed by atoms with van der Waals surface area (Å²) in [6, 6.07) is 3.67. The first-order valence-electron chi connectivity index (χ1n) is 6.59. The summed E-state index contributed by atoms with van der Waals surface area (Å²) in [4.78, 5) is 27.1. The zero-order valence-electron chi connectivity index (χ0n) is 12.5. The zero-order valence-corrected chi connectivity index (χ0v) is 13.3. The quantitative estimate of drug-likeness (QED) is 0.706. The Morgan fingerprint density at radius 2 is 2.04 bits per heavy atom. The Labute approximate surface area is 138 Å². The average molecular weight is 362 g/mol. The molecular formula is C13H13F3N4O3S. The van der Waals surface area contributed by atoms with Gasteiger partial charge >= 0.3 is 6.36 Å². The van der Waals surface area contributed by atoms with Crippen molar-refractivity contribution >= 4 is 38.5 Å². The molecule has 2 aromatic rings. The maximum atomic E-state index is 12.2. The van der Waals surface area contributed by atoms with E-state index in [0.717, 1.165) is 17.4 Å². The second-order valence-corrected chi connectivity index (χ2v) is 5.64. The Morgan fingerprint density at radius 1 is 1.33 bits per heavy atom. The highest BCUT2D eigenvalue weighted by Crippen LogP contribution is 2.31. The minimum absolute atomic E-state index is 0.185. The molecule has 0 bridgehead atoms. The summed E-state index contributed by atoms with van der Waals surface area (Å²) in [7, 11) is 1.49. The molecule has 7 nitrogen and oxygen atoms in total. The number of carbonyl (C=O) groups excluding carboxylic acids is 2. The van der Waals surface area contributed by atoms with E-state index in [1.165, 1.54) is 26.1 Å². The van der Waals surface area contributed by atoms with E-state index in [9.17, 15) is 22.8 Å². The van der Waals surface area contributed by atoms with Crippen molar-refractivity contribution in [1.82, 2.24) is 15.6 Å². The number of alkyl halides is 3. The Kier molecular flexibility index (Phi) is 5.24. The van der Waals surface area contributed by atoms with Gasteiger partial charge in [0.05, 0.1) is 10.2 Å². The van der Waals surface area contributed by atoms with Gasteiger partial charge in [-0.3, -0.25) is 20.2 Å². The second kappa shape index (κ2) is 7.01. The molecule has 0 spiro atoms. The summed E-state index contributed by atoms with van der Waals surface area (Å²) in [5, 5.41) is 7.67. The zero-order chi connectivity index (χ0) is 17.9. The lowest BCUT2D eigenvalue weighted by molar-refractivity contribution is -0.274. The number of thiazole rings is 1. The van der Waals surface area contributed by atoms with Crippen LogP contribution in [0, 0.1) is 0 Å². The molecule has 2 rings (SSSR count). The molecule has 11 heteroatoms. The molecule has 0 saturated heterocycles. The van der Waals surface area contributed by atoms with Gasteiger partial charge < -0.3 is 10.1 Å². The highest BCUT2D eigenvalue weighted by atomic mass is 32.1. The van der Waals surface area contributed by atoms with Gasteiger partial charge in [0.25, 0.3) is 5.91 Å². The largest absolute Gasteiger partial charge is 0.573 e. The number of amides is 2. The number of anilines is 1. The van der Waals surface area contributed by atoms with Gasteiger partial charge in [0.1, 0.15) is 5.75 Å². The number of nitrogens with zero attached hydrogens (tertiary/aromatic N) is 1. The number of halogens is 3. The number of nitrogens with one attached hydrogen (secondary N) is 3. The van der Waals surface area contributed by atoms with E-state index in [0.29, 0.717) is 10.2 Å². The van der Waals surface area contributed by atoms with Crippen LogP contribution in [-0.4, -0.2) is 36.4 Å².